The summed E-state index contributed by atoms with van der Waals surface area (Å²) in [6.07, 6.45) is 3.27. The predicted molar refractivity (Wildman–Crippen MR) is 94.6 cm³/mol. The Kier molecular flexibility index (Phi) is 4.23. The molecule has 1 aromatic heterocycles. The molecule has 0 unspecified atom stereocenters. The van der Waals surface area contributed by atoms with Gasteiger partial charge in [-0.2, -0.15) is 0 Å². The van der Waals surface area contributed by atoms with Crippen LogP contribution in [0.1, 0.15) is 39.6 Å². The van der Waals surface area contributed by atoms with Crippen molar-refractivity contribution < 1.29 is 13.9 Å². The van der Waals surface area contributed by atoms with Crippen molar-refractivity contribution >= 4 is 17.2 Å². The molecule has 1 aliphatic carbocycles. The lowest BCUT2D eigenvalue weighted by Crippen LogP contribution is -2.47. The fraction of sp³-hybridized carbons (Fsp3) is 0.474. The van der Waals surface area contributed by atoms with Crippen molar-refractivity contribution in [2.45, 2.75) is 45.2 Å². The number of thiazole rings is 1. The number of carbonyl (C=O) groups is 1. The second-order valence-electron chi connectivity index (χ2n) is 6.92. The van der Waals surface area contributed by atoms with Gasteiger partial charge in [0, 0.05) is 6.04 Å². The molecule has 1 aromatic carbocycles. The van der Waals surface area contributed by atoms with Crippen LogP contribution in [0.5, 0.6) is 5.75 Å². The van der Waals surface area contributed by atoms with Crippen molar-refractivity contribution in [3.05, 3.63) is 45.7 Å². The minimum absolute atomic E-state index is 0.0816. The van der Waals surface area contributed by atoms with E-state index in [-0.39, 0.29) is 17.8 Å². The van der Waals surface area contributed by atoms with E-state index < -0.39 is 0 Å². The third-order valence-corrected chi connectivity index (χ3v) is 6.37. The van der Waals surface area contributed by atoms with Gasteiger partial charge in [-0.3, -0.25) is 4.79 Å². The molecule has 1 aliphatic heterocycles. The van der Waals surface area contributed by atoms with Crippen LogP contribution in [0.4, 0.5) is 4.39 Å². The van der Waals surface area contributed by atoms with Crippen LogP contribution in [0.25, 0.3) is 0 Å². The quantitative estimate of drug-likeness (QED) is 0.828. The number of aryl methyl sites for hydroxylation is 2. The first-order valence-corrected chi connectivity index (χ1v) is 9.49. The van der Waals surface area contributed by atoms with Gasteiger partial charge in [0.15, 0.2) is 0 Å². The number of likely N-dealkylation sites (tertiary alicyclic amines) is 1. The summed E-state index contributed by atoms with van der Waals surface area (Å²) in [6.45, 7) is 4.28. The number of ether oxygens (including phenoxy) is 1. The first kappa shape index (κ1) is 16.5. The Balaban J connectivity index is 1.52. The van der Waals surface area contributed by atoms with Crippen molar-refractivity contribution in [2.24, 2.45) is 5.92 Å². The molecule has 3 atom stereocenters. The third-order valence-electron chi connectivity index (χ3n) is 5.31. The molecule has 2 fully saturated rings. The van der Waals surface area contributed by atoms with Gasteiger partial charge in [0.1, 0.15) is 23.1 Å². The minimum Gasteiger partial charge on any atom is -0.491 e. The summed E-state index contributed by atoms with van der Waals surface area (Å²) >= 11 is 1.47. The highest BCUT2D eigenvalue weighted by Gasteiger charge is 2.49. The fourth-order valence-electron chi connectivity index (χ4n) is 4.18. The Hall–Kier alpha value is -1.95. The molecule has 0 radical (unpaired) electrons. The van der Waals surface area contributed by atoms with E-state index >= 15 is 0 Å². The molecule has 2 aromatic rings. The van der Waals surface area contributed by atoms with Crippen LogP contribution in [-0.2, 0) is 0 Å². The van der Waals surface area contributed by atoms with Gasteiger partial charge in [-0.1, -0.05) is 0 Å². The highest BCUT2D eigenvalue weighted by Crippen LogP contribution is 2.43. The number of amides is 1. The van der Waals surface area contributed by atoms with Crippen LogP contribution >= 0.6 is 11.3 Å². The van der Waals surface area contributed by atoms with E-state index in [0.29, 0.717) is 24.3 Å². The molecule has 6 heteroatoms. The average molecular weight is 360 g/mol. The monoisotopic (exact) mass is 360 g/mol. The first-order chi connectivity index (χ1) is 12.0. The number of halogens is 1. The van der Waals surface area contributed by atoms with Crippen molar-refractivity contribution in [3.8, 4) is 5.75 Å². The van der Waals surface area contributed by atoms with E-state index in [4.69, 9.17) is 4.74 Å². The van der Waals surface area contributed by atoms with E-state index in [1.165, 1.54) is 23.5 Å². The van der Waals surface area contributed by atoms with Gasteiger partial charge in [-0.05, 0) is 63.3 Å². The van der Waals surface area contributed by atoms with Crippen LogP contribution in [-0.4, -0.2) is 34.5 Å². The van der Waals surface area contributed by atoms with E-state index in [9.17, 15) is 9.18 Å². The Bertz CT molecular complexity index is 789. The first-order valence-electron chi connectivity index (χ1n) is 8.68. The van der Waals surface area contributed by atoms with Gasteiger partial charge < -0.3 is 9.64 Å². The normalized spacial score (nSPS) is 24.8. The molecule has 132 valence electrons. The van der Waals surface area contributed by atoms with Gasteiger partial charge >= 0.3 is 0 Å². The van der Waals surface area contributed by atoms with Crippen LogP contribution in [0.15, 0.2) is 24.3 Å². The van der Waals surface area contributed by atoms with Crippen LogP contribution in [0.3, 0.4) is 0 Å². The molecule has 4 rings (SSSR count). The molecule has 2 aliphatic rings. The van der Waals surface area contributed by atoms with Gasteiger partial charge in [-0.15, -0.1) is 11.3 Å². The van der Waals surface area contributed by atoms with Gasteiger partial charge in [0.05, 0.1) is 16.7 Å². The maximum absolute atomic E-state index is 13.1. The van der Waals surface area contributed by atoms with Crippen molar-refractivity contribution in [1.82, 2.24) is 9.88 Å². The number of aromatic nitrogens is 1. The molecular weight excluding hydrogens is 339 g/mol. The topological polar surface area (TPSA) is 42.4 Å². The fourth-order valence-corrected chi connectivity index (χ4v) is 5.05. The molecule has 1 amide bonds. The summed E-state index contributed by atoms with van der Waals surface area (Å²) in [4.78, 5) is 20.3. The van der Waals surface area contributed by atoms with Crippen molar-refractivity contribution in [3.63, 3.8) is 0 Å². The smallest absolute Gasteiger partial charge is 0.266 e. The molecule has 4 nitrogen and oxygen atoms in total. The second kappa shape index (κ2) is 6.41. The van der Waals surface area contributed by atoms with Crippen molar-refractivity contribution in [2.75, 3.05) is 6.61 Å². The SMILES string of the molecule is Cc1nc(C)c(C(=O)N2[C@H]3CC[C@H](C3)[C@H]2COc2ccc(F)cc2)s1. The zero-order chi connectivity index (χ0) is 17.6. The third kappa shape index (κ3) is 3.03. The Labute approximate surface area is 150 Å². The van der Waals surface area contributed by atoms with E-state index in [2.05, 4.69) is 4.98 Å². The molecule has 0 N–H and O–H groups in total. The number of rotatable bonds is 4. The Morgan fingerprint density at radius 2 is 2.08 bits per heavy atom. The highest BCUT2D eigenvalue weighted by molar-refractivity contribution is 7.13. The van der Waals surface area contributed by atoms with Gasteiger partial charge in [0.2, 0.25) is 0 Å². The van der Waals surface area contributed by atoms with Crippen molar-refractivity contribution in [1.29, 1.82) is 0 Å². The van der Waals surface area contributed by atoms with E-state index in [0.717, 1.165) is 34.8 Å². The highest BCUT2D eigenvalue weighted by atomic mass is 32.1. The summed E-state index contributed by atoms with van der Waals surface area (Å²) < 4.78 is 18.9. The Morgan fingerprint density at radius 3 is 2.76 bits per heavy atom. The largest absolute Gasteiger partial charge is 0.491 e. The minimum atomic E-state index is -0.278. The molecular formula is C19H21FN2O2S. The number of hydrogen-bond donors (Lipinski definition) is 0. The van der Waals surface area contributed by atoms with Crippen LogP contribution in [0.2, 0.25) is 0 Å². The van der Waals surface area contributed by atoms with Gasteiger partial charge in [0.25, 0.3) is 5.91 Å². The summed E-state index contributed by atoms with van der Waals surface area (Å²) in [5, 5.41) is 0.921. The molecule has 25 heavy (non-hydrogen) atoms. The average Bonchev–Trinajstić information content (AvgIpc) is 3.28. The van der Waals surface area contributed by atoms with Crippen LogP contribution in [0, 0.1) is 25.6 Å². The number of benzene rings is 1. The molecule has 2 bridgehead atoms. The van der Waals surface area contributed by atoms with E-state index in [1.54, 1.807) is 12.1 Å². The Morgan fingerprint density at radius 1 is 1.32 bits per heavy atom. The number of carbonyl (C=O) groups excluding carboxylic acids is 1. The zero-order valence-electron chi connectivity index (χ0n) is 14.4. The molecule has 2 heterocycles. The maximum atomic E-state index is 13.1. The molecule has 0 spiro atoms. The number of piperidine rings is 1. The summed E-state index contributed by atoms with van der Waals surface area (Å²) in [5.74, 6) is 0.938. The molecule has 1 saturated heterocycles. The summed E-state index contributed by atoms with van der Waals surface area (Å²) in [6, 6.07) is 6.43. The zero-order valence-corrected chi connectivity index (χ0v) is 15.2. The maximum Gasteiger partial charge on any atom is 0.266 e. The predicted octanol–water partition coefficient (Wildman–Crippen LogP) is 3.97. The number of hydrogen-bond acceptors (Lipinski definition) is 4. The van der Waals surface area contributed by atoms with Crippen LogP contribution < -0.4 is 4.74 Å². The lowest BCUT2D eigenvalue weighted by Gasteiger charge is -2.35. The second-order valence-corrected chi connectivity index (χ2v) is 8.12. The standard InChI is InChI=1S/C19H21FN2O2S/c1-11-18(25-12(2)21-11)19(23)22-15-6-3-13(9-15)17(22)10-24-16-7-4-14(20)5-8-16/h4-5,7-8,13,15,17H,3,6,9-10H2,1-2H3/t13-,15+,17-/m1/s1. The van der Waals surface area contributed by atoms with Gasteiger partial charge in [-0.25, -0.2) is 9.37 Å². The summed E-state index contributed by atoms with van der Waals surface area (Å²) in [7, 11) is 0. The lowest BCUT2D eigenvalue weighted by atomic mass is 9.99. The summed E-state index contributed by atoms with van der Waals surface area (Å²) in [5.41, 5.74) is 0.813. The molecule has 1 saturated carbocycles. The number of nitrogens with zero attached hydrogens (tertiary/aromatic N) is 2. The number of fused-ring (bicyclic) bond motifs is 2. The lowest BCUT2D eigenvalue weighted by molar-refractivity contribution is 0.0509. The van der Waals surface area contributed by atoms with E-state index in [1.807, 2.05) is 18.7 Å².